The first-order valence-corrected chi connectivity index (χ1v) is 20.7. The second kappa shape index (κ2) is 11.4. The first-order chi connectivity index (χ1) is 26.4. The number of benzene rings is 4. The van der Waals surface area contributed by atoms with Gasteiger partial charge in [0.05, 0.1) is 28.2 Å². The van der Waals surface area contributed by atoms with E-state index in [0.29, 0.717) is 6.54 Å². The van der Waals surface area contributed by atoms with Crippen molar-refractivity contribution in [2.45, 2.75) is 122 Å². The van der Waals surface area contributed by atoms with Crippen LogP contribution in [0.3, 0.4) is 0 Å². The van der Waals surface area contributed by atoms with Crippen LogP contribution in [0.1, 0.15) is 124 Å². The number of aromatic nitrogens is 2. The topological polar surface area (TPSA) is 7.76 Å². The lowest BCUT2D eigenvalue weighted by Gasteiger charge is -2.34. The molecule has 1 saturated carbocycles. The zero-order valence-electron chi connectivity index (χ0n) is 33.7. The van der Waals surface area contributed by atoms with Crippen molar-refractivity contribution < 1.29 is 17.9 Å². The smallest absolute Gasteiger partial charge is 0.207 e. The van der Waals surface area contributed by atoms with E-state index in [-0.39, 0.29) is 22.6 Å². The zero-order valence-corrected chi connectivity index (χ0v) is 33.7. The van der Waals surface area contributed by atoms with Crippen LogP contribution in [0.25, 0.3) is 32.8 Å². The Kier molecular flexibility index (Phi) is 7.23. The Bertz CT molecular complexity index is 2720. The van der Waals surface area contributed by atoms with Gasteiger partial charge in [-0.1, -0.05) is 97.4 Å². The van der Waals surface area contributed by atoms with Crippen LogP contribution < -0.4 is 9.13 Å². The van der Waals surface area contributed by atoms with Crippen LogP contribution >= 0.6 is 0 Å². The molecule has 6 aromatic rings. The monoisotopic (exact) mass is 730 g/mol. The summed E-state index contributed by atoms with van der Waals surface area (Å²) in [6.07, 6.45) is 12.9. The zero-order chi connectivity index (χ0) is 38.4. The lowest BCUT2D eigenvalue weighted by Crippen LogP contribution is -2.53. The summed E-state index contributed by atoms with van der Waals surface area (Å²) in [5, 5.41) is 4.97. The molecule has 0 saturated heterocycles. The Morgan fingerprint density at radius 2 is 1.49 bits per heavy atom. The summed E-state index contributed by atoms with van der Waals surface area (Å²) in [7, 11) is 0. The molecule has 1 fully saturated rings. The summed E-state index contributed by atoms with van der Waals surface area (Å²) in [5.74, 6) is -0.242. The number of hydrogen-bond donors (Lipinski definition) is 0. The van der Waals surface area contributed by atoms with E-state index in [9.17, 15) is 0 Å². The van der Waals surface area contributed by atoms with Crippen molar-refractivity contribution in [3.05, 3.63) is 153 Å². The molecule has 2 unspecified atom stereocenters. The molecule has 10 rings (SSSR count). The largest absolute Gasteiger partial charge is 0.221 e. The highest BCUT2D eigenvalue weighted by atomic mass is 19.1. The Balaban J connectivity index is 1.24. The van der Waals surface area contributed by atoms with Crippen molar-refractivity contribution in [2.75, 3.05) is 0 Å². The summed E-state index contributed by atoms with van der Waals surface area (Å²) >= 11 is 0. The number of nitrogens with zero attached hydrogens (tertiary/aromatic N) is 2. The van der Waals surface area contributed by atoms with Crippen LogP contribution in [0.5, 0.6) is 0 Å². The Hall–Kier alpha value is -4.70. The lowest BCUT2D eigenvalue weighted by molar-refractivity contribution is -0.744. The summed E-state index contributed by atoms with van der Waals surface area (Å²) in [4.78, 5) is 0. The molecule has 3 heterocycles. The molecule has 0 spiro atoms. The van der Waals surface area contributed by atoms with Gasteiger partial charge in [0.1, 0.15) is 11.6 Å². The van der Waals surface area contributed by atoms with E-state index in [1.165, 1.54) is 60.6 Å². The molecule has 0 radical (unpaired) electrons. The fourth-order valence-electron chi connectivity index (χ4n) is 12.4. The SMILES string of the molecule is CCCCc1cc2c3c4[n+](ccc3c1)C1(CC)C(=CC[n+]3ccc5cccc6c5c3-c3c(C)ccc(F)c3C6(C)C)C1(CC)c1ccc(F)c(c1C4)C2(C)C. The van der Waals surface area contributed by atoms with Crippen molar-refractivity contribution in [3.63, 3.8) is 0 Å². The molecule has 4 aromatic carbocycles. The minimum Gasteiger partial charge on any atom is -0.207 e. The molecule has 4 heteroatoms. The lowest BCUT2D eigenvalue weighted by atomic mass is 9.68. The molecule has 0 N–H and O–H groups in total. The summed E-state index contributed by atoms with van der Waals surface area (Å²) in [5.41, 5.74) is 12.3. The molecule has 0 amide bonds. The highest BCUT2D eigenvalue weighted by Gasteiger charge is 2.80. The molecule has 1 aliphatic heterocycles. The summed E-state index contributed by atoms with van der Waals surface area (Å²) in [6.45, 7) is 18.5. The minimum atomic E-state index is -0.504. The minimum absolute atomic E-state index is 0.0949. The van der Waals surface area contributed by atoms with Gasteiger partial charge in [0.15, 0.2) is 24.6 Å². The van der Waals surface area contributed by atoms with Crippen LogP contribution in [0.2, 0.25) is 0 Å². The average Bonchev–Trinajstić information content (AvgIpc) is 3.81. The van der Waals surface area contributed by atoms with Gasteiger partial charge in [-0.05, 0) is 88.5 Å². The summed E-state index contributed by atoms with van der Waals surface area (Å²) < 4.78 is 37.7. The molecular formula is C51H52F2N2+2. The van der Waals surface area contributed by atoms with Crippen LogP contribution in [0.4, 0.5) is 8.78 Å². The molecule has 2 atom stereocenters. The number of rotatable bonds is 7. The fraction of sp³-hybridized carbons (Fsp3) is 0.373. The van der Waals surface area contributed by atoms with Gasteiger partial charge in [-0.3, -0.25) is 0 Å². The number of hydrogen-bond acceptors (Lipinski definition) is 0. The molecule has 3 aliphatic carbocycles. The van der Waals surface area contributed by atoms with E-state index < -0.39 is 10.8 Å². The van der Waals surface area contributed by atoms with Gasteiger partial charge in [-0.15, -0.1) is 0 Å². The fourth-order valence-corrected chi connectivity index (χ4v) is 12.4. The average molecular weight is 731 g/mol. The maximum Gasteiger partial charge on any atom is 0.221 e. The van der Waals surface area contributed by atoms with Gasteiger partial charge in [0.2, 0.25) is 11.2 Å². The van der Waals surface area contributed by atoms with E-state index in [1.807, 2.05) is 6.07 Å². The molecule has 278 valence electrons. The quantitative estimate of drug-likeness (QED) is 0.114. The van der Waals surface area contributed by atoms with Gasteiger partial charge in [0, 0.05) is 46.1 Å². The Labute approximate surface area is 324 Å². The molecule has 2 bridgehead atoms. The number of halogens is 2. The third kappa shape index (κ3) is 4.14. The maximum absolute atomic E-state index is 16.6. The highest BCUT2D eigenvalue weighted by Crippen LogP contribution is 2.71. The standard InChI is InChI=1S/C51H52F2N2/c1-9-12-14-31-27-33-22-26-55-40-29-34-35(18-20-38(52)45(34)49(7,8)37(28-31)43(33)40)50(10-2)41(51(50,55)11-3)23-25-54-24-21-32-15-13-16-36-44(32)47(54)42-30(4)17-19-39(53)46(42)48(36,5)6/h13,15-24,26-28H,9-12,14,25,29H2,1-8H3/q+2. The van der Waals surface area contributed by atoms with E-state index >= 15 is 8.78 Å². The third-order valence-corrected chi connectivity index (χ3v) is 14.8. The molecular weight excluding hydrogens is 679 g/mol. The number of aryl methyl sites for hydroxylation is 2. The predicted molar refractivity (Wildman–Crippen MR) is 219 cm³/mol. The summed E-state index contributed by atoms with van der Waals surface area (Å²) in [6, 6.07) is 23.4. The van der Waals surface area contributed by atoms with Crippen molar-refractivity contribution >= 4 is 21.5 Å². The Morgan fingerprint density at radius 1 is 0.745 bits per heavy atom. The normalized spacial score (nSPS) is 22.5. The first-order valence-electron chi connectivity index (χ1n) is 20.7. The Morgan fingerprint density at radius 3 is 2.25 bits per heavy atom. The van der Waals surface area contributed by atoms with Crippen LogP contribution in [0, 0.1) is 18.6 Å². The number of fused-ring (bicyclic) bond motifs is 5. The van der Waals surface area contributed by atoms with E-state index in [4.69, 9.17) is 0 Å². The van der Waals surface area contributed by atoms with Gasteiger partial charge >= 0.3 is 0 Å². The second-order valence-electron chi connectivity index (χ2n) is 18.0. The predicted octanol–water partition coefficient (Wildman–Crippen LogP) is 11.4. The molecule has 2 nitrogen and oxygen atoms in total. The highest BCUT2D eigenvalue weighted by molar-refractivity contribution is 6.00. The number of unbranched alkanes of at least 4 members (excludes halogenated alkanes) is 1. The van der Waals surface area contributed by atoms with Crippen LogP contribution in [-0.4, -0.2) is 0 Å². The van der Waals surface area contributed by atoms with Crippen LogP contribution in [0.15, 0.2) is 90.8 Å². The van der Waals surface area contributed by atoms with E-state index in [0.717, 1.165) is 66.5 Å². The maximum atomic E-state index is 16.6. The molecule has 2 aromatic heterocycles. The second-order valence-corrected chi connectivity index (χ2v) is 18.0. The van der Waals surface area contributed by atoms with Gasteiger partial charge < -0.3 is 0 Å². The van der Waals surface area contributed by atoms with Crippen LogP contribution in [-0.2, 0) is 41.2 Å². The van der Waals surface area contributed by atoms with E-state index in [1.54, 1.807) is 12.1 Å². The molecule has 55 heavy (non-hydrogen) atoms. The van der Waals surface area contributed by atoms with Crippen molar-refractivity contribution in [1.82, 2.24) is 0 Å². The third-order valence-electron chi connectivity index (χ3n) is 14.8. The van der Waals surface area contributed by atoms with Gasteiger partial charge in [0.25, 0.3) is 0 Å². The molecule has 4 aliphatic rings. The van der Waals surface area contributed by atoms with Gasteiger partial charge in [-0.2, -0.15) is 9.13 Å². The van der Waals surface area contributed by atoms with E-state index in [2.05, 4.69) is 132 Å². The van der Waals surface area contributed by atoms with Gasteiger partial charge in [-0.25, -0.2) is 8.78 Å². The van der Waals surface area contributed by atoms with Crippen molar-refractivity contribution in [1.29, 1.82) is 0 Å². The van der Waals surface area contributed by atoms with Crippen molar-refractivity contribution in [2.24, 2.45) is 0 Å². The first kappa shape index (κ1) is 34.8. The number of allylic oxidation sites excluding steroid dienone is 2. The van der Waals surface area contributed by atoms with Crippen molar-refractivity contribution in [3.8, 4) is 11.3 Å². The number of pyridine rings is 2.